The van der Waals surface area contributed by atoms with Crippen molar-refractivity contribution in [2.45, 2.75) is 12.8 Å². The van der Waals surface area contributed by atoms with Gasteiger partial charge in [0.05, 0.1) is 0 Å². The number of rotatable bonds is 1. The molecule has 0 spiro atoms. The Morgan fingerprint density at radius 1 is 1.33 bits per heavy atom. The standard InChI is InChI=1S/C12H12ClNO/c13-12-4-2-1-3-9(12)7-10-8-11(15)5-6-14-10/h1-4,7,14H,5-6,8H2. The van der Waals surface area contributed by atoms with Crippen LogP contribution in [0.1, 0.15) is 18.4 Å². The first-order valence-corrected chi connectivity index (χ1v) is 5.34. The molecule has 0 radical (unpaired) electrons. The summed E-state index contributed by atoms with van der Waals surface area (Å²) in [5.74, 6) is 0.284. The topological polar surface area (TPSA) is 29.1 Å². The van der Waals surface area contributed by atoms with E-state index < -0.39 is 0 Å². The molecule has 0 aliphatic carbocycles. The van der Waals surface area contributed by atoms with Crippen molar-refractivity contribution in [3.05, 3.63) is 40.5 Å². The first kappa shape index (κ1) is 10.2. The molecule has 3 heteroatoms. The Hall–Kier alpha value is -1.28. The lowest BCUT2D eigenvalue weighted by molar-refractivity contribution is -0.119. The zero-order valence-electron chi connectivity index (χ0n) is 8.29. The van der Waals surface area contributed by atoms with E-state index in [0.29, 0.717) is 17.9 Å². The second kappa shape index (κ2) is 4.49. The van der Waals surface area contributed by atoms with Gasteiger partial charge < -0.3 is 5.32 Å². The van der Waals surface area contributed by atoms with Gasteiger partial charge in [0.2, 0.25) is 0 Å². The summed E-state index contributed by atoms with van der Waals surface area (Å²) in [5.41, 5.74) is 1.91. The summed E-state index contributed by atoms with van der Waals surface area (Å²) < 4.78 is 0. The Morgan fingerprint density at radius 3 is 2.87 bits per heavy atom. The van der Waals surface area contributed by atoms with Gasteiger partial charge in [-0.25, -0.2) is 0 Å². The van der Waals surface area contributed by atoms with Crippen molar-refractivity contribution < 1.29 is 4.79 Å². The summed E-state index contributed by atoms with van der Waals surface area (Å²) in [4.78, 5) is 11.2. The number of carbonyl (C=O) groups is 1. The van der Waals surface area contributed by atoms with Crippen LogP contribution in [0.25, 0.3) is 6.08 Å². The zero-order chi connectivity index (χ0) is 10.7. The lowest BCUT2D eigenvalue weighted by Gasteiger charge is -2.15. The van der Waals surface area contributed by atoms with E-state index in [2.05, 4.69) is 5.32 Å². The molecule has 78 valence electrons. The molecule has 1 aliphatic heterocycles. The van der Waals surface area contributed by atoms with E-state index in [0.717, 1.165) is 17.8 Å². The fourth-order valence-electron chi connectivity index (χ4n) is 1.61. The predicted molar refractivity (Wildman–Crippen MR) is 61.7 cm³/mol. The fraction of sp³-hybridized carbons (Fsp3) is 0.250. The maximum absolute atomic E-state index is 11.2. The molecule has 1 N–H and O–H groups in total. The van der Waals surface area contributed by atoms with E-state index in [-0.39, 0.29) is 5.78 Å². The van der Waals surface area contributed by atoms with E-state index in [9.17, 15) is 4.79 Å². The van der Waals surface area contributed by atoms with Crippen LogP contribution in [-0.2, 0) is 4.79 Å². The first-order valence-electron chi connectivity index (χ1n) is 4.96. The van der Waals surface area contributed by atoms with Crippen molar-refractivity contribution in [2.24, 2.45) is 0 Å². The molecule has 1 saturated heterocycles. The Balaban J connectivity index is 2.22. The molecule has 0 aromatic heterocycles. The second-order valence-corrected chi connectivity index (χ2v) is 3.99. The van der Waals surface area contributed by atoms with Crippen LogP contribution < -0.4 is 5.32 Å². The van der Waals surface area contributed by atoms with Crippen molar-refractivity contribution in [2.75, 3.05) is 6.54 Å². The van der Waals surface area contributed by atoms with Crippen LogP contribution in [-0.4, -0.2) is 12.3 Å². The number of allylic oxidation sites excluding steroid dienone is 1. The highest BCUT2D eigenvalue weighted by Crippen LogP contribution is 2.19. The van der Waals surface area contributed by atoms with Crippen molar-refractivity contribution >= 4 is 23.5 Å². The number of nitrogens with one attached hydrogen (secondary N) is 1. The van der Waals surface area contributed by atoms with Gasteiger partial charge in [-0.1, -0.05) is 29.8 Å². The molecule has 2 rings (SSSR count). The highest BCUT2D eigenvalue weighted by molar-refractivity contribution is 6.32. The Morgan fingerprint density at radius 2 is 2.13 bits per heavy atom. The highest BCUT2D eigenvalue weighted by Gasteiger charge is 2.12. The van der Waals surface area contributed by atoms with E-state index in [4.69, 9.17) is 11.6 Å². The van der Waals surface area contributed by atoms with Crippen molar-refractivity contribution in [1.29, 1.82) is 0 Å². The number of ketones is 1. The molecular weight excluding hydrogens is 210 g/mol. The Kier molecular flexibility index (Phi) is 3.07. The molecule has 1 aromatic rings. The van der Waals surface area contributed by atoms with Gasteiger partial charge in [0, 0.05) is 30.1 Å². The number of Topliss-reactive ketones (excluding diaryl/α,β-unsaturated/α-hetero) is 1. The van der Waals surface area contributed by atoms with E-state index >= 15 is 0 Å². The van der Waals surface area contributed by atoms with Crippen LogP contribution in [0.5, 0.6) is 0 Å². The van der Waals surface area contributed by atoms with Gasteiger partial charge in [-0.05, 0) is 17.7 Å². The largest absolute Gasteiger partial charge is 0.388 e. The normalized spacial score (nSPS) is 19.0. The monoisotopic (exact) mass is 221 g/mol. The van der Waals surface area contributed by atoms with Crippen molar-refractivity contribution in [1.82, 2.24) is 5.32 Å². The number of benzene rings is 1. The molecule has 1 aliphatic rings. The molecule has 2 nitrogen and oxygen atoms in total. The van der Waals surface area contributed by atoms with Crippen LogP contribution in [0.15, 0.2) is 30.0 Å². The third kappa shape index (κ3) is 2.60. The predicted octanol–water partition coefficient (Wildman–Crippen LogP) is 2.63. The maximum atomic E-state index is 11.2. The van der Waals surface area contributed by atoms with Crippen LogP contribution in [0.4, 0.5) is 0 Å². The lowest BCUT2D eigenvalue weighted by Crippen LogP contribution is -2.25. The average Bonchev–Trinajstić information content (AvgIpc) is 2.22. The van der Waals surface area contributed by atoms with Crippen LogP contribution in [0, 0.1) is 0 Å². The minimum Gasteiger partial charge on any atom is -0.388 e. The Labute approximate surface area is 93.9 Å². The third-order valence-electron chi connectivity index (χ3n) is 2.38. The number of piperidine rings is 1. The van der Waals surface area contributed by atoms with Gasteiger partial charge in [0.15, 0.2) is 0 Å². The first-order chi connectivity index (χ1) is 7.25. The van der Waals surface area contributed by atoms with Gasteiger partial charge >= 0.3 is 0 Å². The highest BCUT2D eigenvalue weighted by atomic mass is 35.5. The number of hydrogen-bond donors (Lipinski definition) is 1. The van der Waals surface area contributed by atoms with Gasteiger partial charge in [-0.2, -0.15) is 0 Å². The molecular formula is C12H12ClNO. The number of carbonyl (C=O) groups excluding carboxylic acids is 1. The summed E-state index contributed by atoms with van der Waals surface area (Å²) in [7, 11) is 0. The zero-order valence-corrected chi connectivity index (χ0v) is 9.05. The van der Waals surface area contributed by atoms with Crippen molar-refractivity contribution in [3.8, 4) is 0 Å². The molecule has 0 bridgehead atoms. The molecule has 0 amide bonds. The maximum Gasteiger partial charge on any atom is 0.140 e. The van der Waals surface area contributed by atoms with Crippen LogP contribution in [0.2, 0.25) is 5.02 Å². The summed E-state index contributed by atoms with van der Waals surface area (Å²) in [6, 6.07) is 7.61. The molecule has 15 heavy (non-hydrogen) atoms. The molecule has 1 heterocycles. The van der Waals surface area contributed by atoms with Gasteiger partial charge in [-0.15, -0.1) is 0 Å². The number of hydrogen-bond acceptors (Lipinski definition) is 2. The number of halogens is 1. The molecule has 1 aromatic carbocycles. The minimum atomic E-state index is 0.284. The summed E-state index contributed by atoms with van der Waals surface area (Å²) in [5, 5.41) is 3.92. The minimum absolute atomic E-state index is 0.284. The van der Waals surface area contributed by atoms with Crippen molar-refractivity contribution in [3.63, 3.8) is 0 Å². The molecule has 0 saturated carbocycles. The smallest absolute Gasteiger partial charge is 0.140 e. The van der Waals surface area contributed by atoms with Gasteiger partial charge in [0.1, 0.15) is 5.78 Å². The third-order valence-corrected chi connectivity index (χ3v) is 2.72. The quantitative estimate of drug-likeness (QED) is 0.790. The van der Waals surface area contributed by atoms with Gasteiger partial charge in [-0.3, -0.25) is 4.79 Å². The molecule has 1 fully saturated rings. The van der Waals surface area contributed by atoms with E-state index in [1.165, 1.54) is 0 Å². The Bertz CT molecular complexity index is 412. The fourth-order valence-corrected chi connectivity index (χ4v) is 1.80. The summed E-state index contributed by atoms with van der Waals surface area (Å²) >= 11 is 6.02. The molecule has 0 atom stereocenters. The van der Waals surface area contributed by atoms with Gasteiger partial charge in [0.25, 0.3) is 0 Å². The summed E-state index contributed by atoms with van der Waals surface area (Å²) in [6.07, 6.45) is 3.06. The van der Waals surface area contributed by atoms with Crippen LogP contribution in [0.3, 0.4) is 0 Å². The second-order valence-electron chi connectivity index (χ2n) is 3.58. The van der Waals surface area contributed by atoms with E-state index in [1.807, 2.05) is 30.3 Å². The average molecular weight is 222 g/mol. The summed E-state index contributed by atoms with van der Waals surface area (Å²) in [6.45, 7) is 0.731. The SMILES string of the molecule is O=C1CCNC(=Cc2ccccc2Cl)C1. The van der Waals surface area contributed by atoms with E-state index in [1.54, 1.807) is 0 Å². The lowest BCUT2D eigenvalue weighted by atomic mass is 10.1. The molecule has 0 unspecified atom stereocenters. The van der Waals surface area contributed by atoms with Crippen LogP contribution >= 0.6 is 11.6 Å².